The number of para-hydroxylation sites is 1. The summed E-state index contributed by atoms with van der Waals surface area (Å²) < 4.78 is 6.01. The molecule has 1 nitrogen and oxygen atoms in total. The Hall–Kier alpha value is -2.80. The van der Waals surface area contributed by atoms with Crippen LogP contribution in [0, 0.1) is 6.92 Å². The maximum Gasteiger partial charge on any atom is 0.127 e. The molecule has 0 radical (unpaired) electrons. The van der Waals surface area contributed by atoms with Gasteiger partial charge in [-0.3, -0.25) is 0 Å². The molecule has 0 unspecified atom stereocenters. The molecule has 0 spiro atoms. The van der Waals surface area contributed by atoms with Gasteiger partial charge in [0.05, 0.1) is 0 Å². The minimum Gasteiger partial charge on any atom is -0.488 e. The van der Waals surface area contributed by atoms with Gasteiger partial charge in [0.25, 0.3) is 0 Å². The van der Waals surface area contributed by atoms with E-state index in [2.05, 4.69) is 67.6 Å². The summed E-state index contributed by atoms with van der Waals surface area (Å²) in [6, 6.07) is 27.6. The van der Waals surface area contributed by atoms with Crippen LogP contribution in [-0.4, -0.2) is 6.61 Å². The Labute approximate surface area is 136 Å². The van der Waals surface area contributed by atoms with Crippen molar-refractivity contribution in [1.29, 1.82) is 0 Å². The van der Waals surface area contributed by atoms with Gasteiger partial charge in [0, 0.05) is 11.1 Å². The van der Waals surface area contributed by atoms with Crippen LogP contribution in [0.3, 0.4) is 0 Å². The molecule has 1 aliphatic rings. The fourth-order valence-electron chi connectivity index (χ4n) is 3.10. The van der Waals surface area contributed by atoms with Crippen molar-refractivity contribution in [3.63, 3.8) is 0 Å². The Morgan fingerprint density at radius 1 is 0.696 bits per heavy atom. The molecule has 1 heteroatoms. The molecule has 0 fully saturated rings. The lowest BCUT2D eigenvalue weighted by Gasteiger charge is -2.25. The van der Waals surface area contributed by atoms with Gasteiger partial charge in [-0.25, -0.2) is 0 Å². The lowest BCUT2D eigenvalue weighted by molar-refractivity contribution is 0.365. The smallest absolute Gasteiger partial charge is 0.127 e. The average Bonchev–Trinajstić information content (AvgIpc) is 2.62. The Bertz CT molecular complexity index is 858. The van der Waals surface area contributed by atoms with Crippen molar-refractivity contribution < 1.29 is 4.74 Å². The molecule has 4 rings (SSSR count). The van der Waals surface area contributed by atoms with Gasteiger partial charge in [-0.15, -0.1) is 0 Å². The summed E-state index contributed by atoms with van der Waals surface area (Å²) in [5.74, 6) is 0.961. The molecule has 3 aromatic carbocycles. The number of benzene rings is 3. The standard InChI is InChI=1S/C22H18O/c1-16-11-13-18(14-12-16)22-19-9-5-6-10-21(19)23-15-20(22)17-7-3-2-4-8-17/h2-14H,15H2,1H3. The minimum absolute atomic E-state index is 0.601. The second kappa shape index (κ2) is 5.77. The van der Waals surface area contributed by atoms with Gasteiger partial charge in [-0.05, 0) is 29.7 Å². The maximum atomic E-state index is 6.01. The third-order valence-corrected chi connectivity index (χ3v) is 4.29. The van der Waals surface area contributed by atoms with Crippen molar-refractivity contribution in [3.05, 3.63) is 101 Å². The summed E-state index contributed by atoms with van der Waals surface area (Å²) in [5, 5.41) is 0. The first-order valence-corrected chi connectivity index (χ1v) is 7.91. The van der Waals surface area contributed by atoms with E-state index in [9.17, 15) is 0 Å². The quantitative estimate of drug-likeness (QED) is 0.620. The molecule has 0 amide bonds. The molecular weight excluding hydrogens is 280 g/mol. The Morgan fingerprint density at radius 3 is 2.17 bits per heavy atom. The van der Waals surface area contributed by atoms with Crippen LogP contribution in [-0.2, 0) is 0 Å². The Morgan fingerprint density at radius 2 is 1.39 bits per heavy atom. The largest absolute Gasteiger partial charge is 0.488 e. The van der Waals surface area contributed by atoms with E-state index in [1.54, 1.807) is 0 Å². The molecule has 0 aromatic heterocycles. The maximum absolute atomic E-state index is 6.01. The highest BCUT2D eigenvalue weighted by Gasteiger charge is 2.22. The van der Waals surface area contributed by atoms with Gasteiger partial charge in [0.2, 0.25) is 0 Å². The van der Waals surface area contributed by atoms with E-state index >= 15 is 0 Å². The second-order valence-corrected chi connectivity index (χ2v) is 5.87. The predicted octanol–water partition coefficient (Wildman–Crippen LogP) is 5.35. The summed E-state index contributed by atoms with van der Waals surface area (Å²) >= 11 is 0. The summed E-state index contributed by atoms with van der Waals surface area (Å²) in [6.45, 7) is 2.72. The number of rotatable bonds is 2. The van der Waals surface area contributed by atoms with Crippen LogP contribution in [0.4, 0.5) is 0 Å². The Balaban J connectivity index is 1.98. The molecule has 112 valence electrons. The number of hydrogen-bond acceptors (Lipinski definition) is 1. The molecule has 0 saturated heterocycles. The van der Waals surface area contributed by atoms with Crippen LogP contribution in [0.2, 0.25) is 0 Å². The van der Waals surface area contributed by atoms with Crippen LogP contribution in [0.15, 0.2) is 78.9 Å². The summed E-state index contributed by atoms with van der Waals surface area (Å²) in [4.78, 5) is 0. The minimum atomic E-state index is 0.601. The predicted molar refractivity (Wildman–Crippen MR) is 95.5 cm³/mol. The molecule has 0 N–H and O–H groups in total. The van der Waals surface area contributed by atoms with Crippen LogP contribution >= 0.6 is 0 Å². The molecular formula is C22H18O. The van der Waals surface area contributed by atoms with Crippen LogP contribution in [0.1, 0.15) is 22.3 Å². The molecule has 3 aromatic rings. The zero-order valence-corrected chi connectivity index (χ0v) is 13.1. The van der Waals surface area contributed by atoms with E-state index in [0.29, 0.717) is 6.61 Å². The van der Waals surface area contributed by atoms with E-state index < -0.39 is 0 Å². The van der Waals surface area contributed by atoms with E-state index in [0.717, 1.165) is 5.75 Å². The molecule has 0 bridgehead atoms. The fraction of sp³-hybridized carbons (Fsp3) is 0.0909. The summed E-state index contributed by atoms with van der Waals surface area (Å²) in [6.07, 6.45) is 0. The SMILES string of the molecule is Cc1ccc(C2=C(c3ccccc3)COc3ccccc32)cc1. The van der Waals surface area contributed by atoms with E-state index in [1.165, 1.54) is 33.4 Å². The molecule has 1 aliphatic heterocycles. The molecule has 0 aliphatic carbocycles. The van der Waals surface area contributed by atoms with Gasteiger partial charge < -0.3 is 4.74 Å². The zero-order valence-electron chi connectivity index (χ0n) is 13.1. The van der Waals surface area contributed by atoms with E-state index in [1.807, 2.05) is 18.2 Å². The normalized spacial score (nSPS) is 13.4. The van der Waals surface area contributed by atoms with Gasteiger partial charge in [0.1, 0.15) is 12.4 Å². The zero-order chi connectivity index (χ0) is 15.6. The lowest BCUT2D eigenvalue weighted by atomic mass is 9.87. The lowest BCUT2D eigenvalue weighted by Crippen LogP contribution is -2.11. The highest BCUT2D eigenvalue weighted by molar-refractivity contribution is 6.01. The topological polar surface area (TPSA) is 9.23 Å². The van der Waals surface area contributed by atoms with Gasteiger partial charge in [0.15, 0.2) is 0 Å². The molecule has 0 saturated carbocycles. The number of hydrogen-bond donors (Lipinski definition) is 0. The van der Waals surface area contributed by atoms with E-state index in [-0.39, 0.29) is 0 Å². The third-order valence-electron chi connectivity index (χ3n) is 4.29. The van der Waals surface area contributed by atoms with Crippen molar-refractivity contribution in [1.82, 2.24) is 0 Å². The Kier molecular flexibility index (Phi) is 3.47. The highest BCUT2D eigenvalue weighted by Crippen LogP contribution is 2.40. The molecule has 23 heavy (non-hydrogen) atoms. The van der Waals surface area contributed by atoms with Gasteiger partial charge >= 0.3 is 0 Å². The van der Waals surface area contributed by atoms with Crippen molar-refractivity contribution in [2.45, 2.75) is 6.92 Å². The van der Waals surface area contributed by atoms with Crippen molar-refractivity contribution in [3.8, 4) is 5.75 Å². The monoisotopic (exact) mass is 298 g/mol. The number of aryl methyl sites for hydroxylation is 1. The summed E-state index contributed by atoms with van der Waals surface area (Å²) in [7, 11) is 0. The first-order valence-electron chi connectivity index (χ1n) is 7.91. The van der Waals surface area contributed by atoms with Crippen molar-refractivity contribution in [2.24, 2.45) is 0 Å². The number of fused-ring (bicyclic) bond motifs is 1. The second-order valence-electron chi connectivity index (χ2n) is 5.87. The van der Waals surface area contributed by atoms with E-state index in [4.69, 9.17) is 4.74 Å². The number of ether oxygens (including phenoxy) is 1. The molecule has 0 atom stereocenters. The third kappa shape index (κ3) is 2.55. The summed E-state index contributed by atoms with van der Waals surface area (Å²) in [5.41, 5.74) is 7.42. The first-order chi connectivity index (χ1) is 11.3. The fourth-order valence-corrected chi connectivity index (χ4v) is 3.10. The highest BCUT2D eigenvalue weighted by atomic mass is 16.5. The average molecular weight is 298 g/mol. The molecule has 1 heterocycles. The first kappa shape index (κ1) is 13.8. The van der Waals surface area contributed by atoms with Crippen molar-refractivity contribution >= 4 is 11.1 Å². The van der Waals surface area contributed by atoms with Crippen molar-refractivity contribution in [2.75, 3.05) is 6.61 Å². The van der Waals surface area contributed by atoms with Crippen LogP contribution in [0.5, 0.6) is 5.75 Å². The van der Waals surface area contributed by atoms with Crippen LogP contribution < -0.4 is 4.74 Å². The van der Waals surface area contributed by atoms with Crippen LogP contribution in [0.25, 0.3) is 11.1 Å². The van der Waals surface area contributed by atoms with Gasteiger partial charge in [-0.2, -0.15) is 0 Å². The van der Waals surface area contributed by atoms with Gasteiger partial charge in [-0.1, -0.05) is 78.4 Å².